The second kappa shape index (κ2) is 9.56. The number of fused-ring (bicyclic) bond motifs is 2. The summed E-state index contributed by atoms with van der Waals surface area (Å²) in [4.78, 5) is 33.9. The van der Waals surface area contributed by atoms with Crippen LogP contribution in [0.15, 0.2) is 77.2 Å². The fourth-order valence-electron chi connectivity index (χ4n) is 4.76. The minimum Gasteiger partial charge on any atom is -0.494 e. The molecule has 1 aliphatic rings. The Hall–Kier alpha value is -4.83. The van der Waals surface area contributed by atoms with Crippen molar-refractivity contribution in [3.63, 3.8) is 0 Å². The Morgan fingerprint density at radius 2 is 1.89 bits per heavy atom. The van der Waals surface area contributed by atoms with Gasteiger partial charge in [0, 0.05) is 28.7 Å². The lowest BCUT2D eigenvalue weighted by molar-refractivity contribution is -0.117. The van der Waals surface area contributed by atoms with Crippen molar-refractivity contribution in [1.82, 2.24) is 15.2 Å². The number of rotatable bonds is 6. The molecule has 3 heterocycles. The number of amides is 1. The molecule has 1 aliphatic heterocycles. The van der Waals surface area contributed by atoms with Gasteiger partial charge in [0.1, 0.15) is 10.5 Å². The third kappa shape index (κ3) is 4.31. The summed E-state index contributed by atoms with van der Waals surface area (Å²) in [5, 5.41) is 29.4. The topological polar surface area (TPSA) is 132 Å². The average Bonchev–Trinajstić information content (AvgIpc) is 3.65. The first-order valence-corrected chi connectivity index (χ1v) is 12.8. The Labute approximate surface area is 220 Å². The summed E-state index contributed by atoms with van der Waals surface area (Å²) in [6, 6.07) is 19.9. The van der Waals surface area contributed by atoms with Gasteiger partial charge in [-0.15, -0.1) is 21.5 Å². The molecule has 5 aromatic rings. The van der Waals surface area contributed by atoms with Gasteiger partial charge in [-0.25, -0.2) is 9.79 Å². The highest BCUT2D eigenvalue weighted by Crippen LogP contribution is 2.35. The molecule has 0 fully saturated rings. The molecule has 1 amide bonds. The first kappa shape index (κ1) is 23.6. The van der Waals surface area contributed by atoms with Gasteiger partial charge in [-0.1, -0.05) is 36.4 Å². The van der Waals surface area contributed by atoms with E-state index in [1.807, 2.05) is 48.5 Å². The summed E-state index contributed by atoms with van der Waals surface area (Å²) in [6.45, 7) is 0.584. The van der Waals surface area contributed by atoms with E-state index in [0.29, 0.717) is 45.8 Å². The predicted molar refractivity (Wildman–Crippen MR) is 145 cm³/mol. The Kier molecular flexibility index (Phi) is 5.93. The molecule has 2 aromatic heterocycles. The number of carboxylic acids is 1. The van der Waals surface area contributed by atoms with Gasteiger partial charge in [0.25, 0.3) is 0 Å². The van der Waals surface area contributed by atoms with Crippen molar-refractivity contribution in [1.29, 1.82) is 0 Å². The van der Waals surface area contributed by atoms with E-state index in [1.54, 1.807) is 16.5 Å². The van der Waals surface area contributed by atoms with Gasteiger partial charge >= 0.3 is 5.97 Å². The first-order valence-electron chi connectivity index (χ1n) is 11.9. The van der Waals surface area contributed by atoms with Crippen LogP contribution in [0, 0.1) is 0 Å². The van der Waals surface area contributed by atoms with E-state index in [0.717, 1.165) is 16.8 Å². The summed E-state index contributed by atoms with van der Waals surface area (Å²) in [5.74, 6) is -1.17. The SMILES string of the molecule is O=C(O)c1ccc2c(C(=Nc3ccc4c(c3)CCN4C(=O)Cc3nncs3)c3ccccc3)c(O)[nH]c2c1. The van der Waals surface area contributed by atoms with E-state index in [1.165, 1.54) is 23.5 Å². The van der Waals surface area contributed by atoms with Crippen LogP contribution >= 0.6 is 11.3 Å². The zero-order chi connectivity index (χ0) is 26.2. The van der Waals surface area contributed by atoms with Crippen molar-refractivity contribution < 1.29 is 19.8 Å². The van der Waals surface area contributed by atoms with Crippen LogP contribution in [0.3, 0.4) is 0 Å². The van der Waals surface area contributed by atoms with Gasteiger partial charge in [0.05, 0.1) is 28.9 Å². The number of hydrogen-bond acceptors (Lipinski definition) is 7. The number of nitrogens with one attached hydrogen (secondary N) is 1. The minimum absolute atomic E-state index is 0.0221. The number of benzene rings is 3. The number of aromatic hydroxyl groups is 1. The molecular formula is C28H21N5O4S. The standard InChI is InChI=1S/C28H21N5O4S/c34-24(14-23-32-29-15-38-23)33-11-10-17-12-19(7-9-22(17)33)30-26(16-4-2-1-3-5-16)25-20-8-6-18(28(36)37)13-21(20)31-27(25)35/h1-9,12-13,15,31,35H,10-11,14H2,(H,36,37). The summed E-state index contributed by atoms with van der Waals surface area (Å²) in [7, 11) is 0. The molecule has 3 N–H and O–H groups in total. The minimum atomic E-state index is -1.05. The summed E-state index contributed by atoms with van der Waals surface area (Å²) in [6.07, 6.45) is 0.920. The molecule has 0 saturated heterocycles. The van der Waals surface area contributed by atoms with Crippen molar-refractivity contribution in [2.45, 2.75) is 12.8 Å². The first-order chi connectivity index (χ1) is 18.5. The number of H-pyrrole nitrogens is 1. The number of carbonyl (C=O) groups is 2. The van der Waals surface area contributed by atoms with Crippen molar-refractivity contribution in [3.05, 3.63) is 99.5 Å². The van der Waals surface area contributed by atoms with E-state index in [2.05, 4.69) is 15.2 Å². The number of carbonyl (C=O) groups excluding carboxylic acids is 1. The molecule has 0 spiro atoms. The number of carboxylic acid groups (broad SMARTS) is 1. The molecule has 0 radical (unpaired) electrons. The van der Waals surface area contributed by atoms with Gasteiger partial charge in [-0.2, -0.15) is 0 Å². The number of hydrogen-bond donors (Lipinski definition) is 3. The van der Waals surface area contributed by atoms with E-state index in [4.69, 9.17) is 4.99 Å². The Bertz CT molecular complexity index is 1710. The average molecular weight is 524 g/mol. The highest BCUT2D eigenvalue weighted by Gasteiger charge is 2.26. The zero-order valence-electron chi connectivity index (χ0n) is 20.0. The van der Waals surface area contributed by atoms with Crippen molar-refractivity contribution >= 4 is 51.2 Å². The molecule has 10 heteroatoms. The maximum atomic E-state index is 12.9. The largest absolute Gasteiger partial charge is 0.494 e. The molecule has 0 saturated carbocycles. The molecule has 3 aromatic carbocycles. The van der Waals surface area contributed by atoms with E-state index < -0.39 is 5.97 Å². The van der Waals surface area contributed by atoms with Gasteiger partial charge in [-0.3, -0.25) is 4.79 Å². The normalized spacial score (nSPS) is 13.2. The van der Waals surface area contributed by atoms with Crippen LogP contribution in [0.4, 0.5) is 11.4 Å². The lowest BCUT2D eigenvalue weighted by atomic mass is 10.00. The van der Waals surface area contributed by atoms with Gasteiger partial charge in [0.15, 0.2) is 5.88 Å². The third-order valence-corrected chi connectivity index (χ3v) is 7.22. The number of anilines is 1. The number of aliphatic imine (C=N–C) groups is 1. The molecule has 38 heavy (non-hydrogen) atoms. The van der Waals surface area contributed by atoms with Crippen LogP contribution in [-0.2, 0) is 17.6 Å². The number of nitrogens with zero attached hydrogens (tertiary/aromatic N) is 4. The highest BCUT2D eigenvalue weighted by molar-refractivity contribution is 7.09. The van der Waals surface area contributed by atoms with Crippen LogP contribution in [0.2, 0.25) is 0 Å². The van der Waals surface area contributed by atoms with Gasteiger partial charge in [0.2, 0.25) is 5.91 Å². The second-order valence-corrected chi connectivity index (χ2v) is 9.78. The smallest absolute Gasteiger partial charge is 0.335 e. The van der Waals surface area contributed by atoms with Crippen LogP contribution in [0.25, 0.3) is 10.9 Å². The van der Waals surface area contributed by atoms with E-state index in [9.17, 15) is 19.8 Å². The quantitative estimate of drug-likeness (QED) is 0.276. The van der Waals surface area contributed by atoms with E-state index >= 15 is 0 Å². The molecule has 0 aliphatic carbocycles. The number of aromatic amines is 1. The maximum Gasteiger partial charge on any atom is 0.335 e. The monoisotopic (exact) mass is 523 g/mol. The Balaban J connectivity index is 1.40. The van der Waals surface area contributed by atoms with Crippen LogP contribution in [0.1, 0.15) is 32.1 Å². The molecule has 0 bridgehead atoms. The Morgan fingerprint density at radius 1 is 1.05 bits per heavy atom. The lowest BCUT2D eigenvalue weighted by Crippen LogP contribution is -2.30. The van der Waals surface area contributed by atoms with Crippen LogP contribution in [0.5, 0.6) is 5.88 Å². The summed E-state index contributed by atoms with van der Waals surface area (Å²) < 4.78 is 0. The van der Waals surface area contributed by atoms with Crippen molar-refractivity contribution in [2.24, 2.45) is 4.99 Å². The summed E-state index contributed by atoms with van der Waals surface area (Å²) >= 11 is 1.36. The fourth-order valence-corrected chi connectivity index (χ4v) is 5.28. The van der Waals surface area contributed by atoms with Crippen LogP contribution in [-0.4, -0.2) is 49.5 Å². The molecule has 6 rings (SSSR count). The number of aromatic carboxylic acids is 1. The van der Waals surface area contributed by atoms with Gasteiger partial charge < -0.3 is 20.1 Å². The predicted octanol–water partition coefficient (Wildman–Crippen LogP) is 4.72. The van der Waals surface area contributed by atoms with Gasteiger partial charge in [-0.05, 0) is 42.3 Å². The molecule has 9 nitrogen and oxygen atoms in total. The van der Waals surface area contributed by atoms with Crippen molar-refractivity contribution in [2.75, 3.05) is 11.4 Å². The molecular weight excluding hydrogens is 502 g/mol. The van der Waals surface area contributed by atoms with Crippen LogP contribution < -0.4 is 4.90 Å². The fraction of sp³-hybridized carbons (Fsp3) is 0.107. The Morgan fingerprint density at radius 3 is 2.66 bits per heavy atom. The molecule has 188 valence electrons. The third-order valence-electron chi connectivity index (χ3n) is 6.52. The molecule has 0 atom stereocenters. The maximum absolute atomic E-state index is 12.9. The highest BCUT2D eigenvalue weighted by atomic mass is 32.1. The summed E-state index contributed by atoms with van der Waals surface area (Å²) in [5.41, 5.74) is 6.60. The zero-order valence-corrected chi connectivity index (χ0v) is 20.8. The lowest BCUT2D eigenvalue weighted by Gasteiger charge is -2.16. The van der Waals surface area contributed by atoms with E-state index in [-0.39, 0.29) is 23.8 Å². The van der Waals surface area contributed by atoms with Crippen molar-refractivity contribution in [3.8, 4) is 5.88 Å². The second-order valence-electron chi connectivity index (χ2n) is 8.86. The molecule has 0 unspecified atom stereocenters. The number of aromatic nitrogens is 3.